The van der Waals surface area contributed by atoms with E-state index < -0.39 is 5.60 Å². The summed E-state index contributed by atoms with van der Waals surface area (Å²) in [6.07, 6.45) is 0.254. The number of methoxy groups -OCH3 is 6. The van der Waals surface area contributed by atoms with Crippen molar-refractivity contribution < 1.29 is 33.5 Å². The van der Waals surface area contributed by atoms with E-state index >= 15 is 0 Å². The van der Waals surface area contributed by atoms with Gasteiger partial charge in [-0.25, -0.2) is 0 Å². The van der Waals surface area contributed by atoms with Crippen molar-refractivity contribution in [2.75, 3.05) is 42.7 Å². The number of aliphatic hydroxyl groups is 1. The van der Waals surface area contributed by atoms with Crippen molar-refractivity contribution in [2.24, 2.45) is 0 Å². The molecule has 0 radical (unpaired) electrons. The summed E-state index contributed by atoms with van der Waals surface area (Å²) >= 11 is 0. The van der Waals surface area contributed by atoms with Gasteiger partial charge in [0.25, 0.3) is 0 Å². The van der Waals surface area contributed by atoms with Crippen LogP contribution in [0.4, 0.5) is 0 Å². The molecule has 0 fully saturated rings. The molecule has 5 aromatic rings. The van der Waals surface area contributed by atoms with Crippen LogP contribution in [-0.2, 0) is 12.0 Å². The van der Waals surface area contributed by atoms with Crippen LogP contribution in [-0.4, -0.2) is 47.8 Å². The molecule has 1 unspecified atom stereocenters. The molecule has 7 heteroatoms. The minimum absolute atomic E-state index is 0.254. The van der Waals surface area contributed by atoms with Crippen molar-refractivity contribution in [3.8, 4) is 34.5 Å². The molecular weight excluding hydrogens is 520 g/mol. The summed E-state index contributed by atoms with van der Waals surface area (Å²) < 4.78 is 33.7. The second-order valence-electron chi connectivity index (χ2n) is 9.75. The predicted octanol–water partition coefficient (Wildman–Crippen LogP) is 6.52. The van der Waals surface area contributed by atoms with E-state index in [1.807, 2.05) is 72.8 Å². The van der Waals surface area contributed by atoms with Gasteiger partial charge in [-0.3, -0.25) is 0 Å². The van der Waals surface area contributed by atoms with Gasteiger partial charge in [-0.2, -0.15) is 0 Å². The number of rotatable bonds is 10. The fraction of sp³-hybridized carbons (Fsp3) is 0.235. The summed E-state index contributed by atoms with van der Waals surface area (Å²) in [4.78, 5) is 0. The lowest BCUT2D eigenvalue weighted by Gasteiger charge is -2.32. The first-order valence-corrected chi connectivity index (χ1v) is 13.1. The van der Waals surface area contributed by atoms with E-state index in [4.69, 9.17) is 28.4 Å². The SMILES string of the molecule is COc1ccc(CC(O)(c2cc(OC)cc(OC)c2)c2cc3ccc(OC)cc3c3c(OC)cc(OC)cc23)cc1. The number of fused-ring (bicyclic) bond motifs is 3. The van der Waals surface area contributed by atoms with Crippen molar-refractivity contribution in [1.29, 1.82) is 0 Å². The van der Waals surface area contributed by atoms with Crippen molar-refractivity contribution in [3.05, 3.63) is 95.6 Å². The highest BCUT2D eigenvalue weighted by molar-refractivity contribution is 6.13. The molecule has 1 atom stereocenters. The molecule has 0 amide bonds. The molecule has 7 nitrogen and oxygen atoms in total. The maximum absolute atomic E-state index is 13.0. The van der Waals surface area contributed by atoms with Crippen LogP contribution in [0.3, 0.4) is 0 Å². The molecule has 0 aliphatic carbocycles. The van der Waals surface area contributed by atoms with Gasteiger partial charge >= 0.3 is 0 Å². The van der Waals surface area contributed by atoms with Gasteiger partial charge < -0.3 is 33.5 Å². The van der Waals surface area contributed by atoms with E-state index in [2.05, 4.69) is 0 Å². The molecule has 0 bridgehead atoms. The molecule has 5 aromatic carbocycles. The van der Waals surface area contributed by atoms with Crippen LogP contribution in [0, 0.1) is 0 Å². The van der Waals surface area contributed by atoms with Crippen LogP contribution in [0.25, 0.3) is 21.5 Å². The van der Waals surface area contributed by atoms with Gasteiger partial charge in [-0.15, -0.1) is 0 Å². The standard InChI is InChI=1S/C34H34O7/c1-36-24-10-7-21(8-11-24)20-34(35,23-14-26(38-3)16-27(15-23)39-4)31-13-22-9-12-25(37-2)17-29(22)33-30(31)18-28(40-5)19-32(33)41-6/h7-19,35H,20H2,1-6H3. The molecule has 0 saturated heterocycles. The lowest BCUT2D eigenvalue weighted by Crippen LogP contribution is -2.30. The van der Waals surface area contributed by atoms with Crippen LogP contribution in [0.1, 0.15) is 16.7 Å². The van der Waals surface area contributed by atoms with Gasteiger partial charge in [0.1, 0.15) is 40.1 Å². The van der Waals surface area contributed by atoms with E-state index in [0.29, 0.717) is 34.1 Å². The van der Waals surface area contributed by atoms with Gasteiger partial charge in [0.2, 0.25) is 0 Å². The van der Waals surface area contributed by atoms with Crippen molar-refractivity contribution in [1.82, 2.24) is 0 Å². The summed E-state index contributed by atoms with van der Waals surface area (Å²) in [5.41, 5.74) is 0.669. The summed E-state index contributed by atoms with van der Waals surface area (Å²) in [6, 6.07) is 24.8. The van der Waals surface area contributed by atoms with Crippen LogP contribution in [0.15, 0.2) is 78.9 Å². The zero-order valence-corrected chi connectivity index (χ0v) is 24.1. The minimum atomic E-state index is -1.53. The molecule has 5 rings (SSSR count). The molecular formula is C34H34O7. The largest absolute Gasteiger partial charge is 0.497 e. The molecule has 0 heterocycles. The number of benzene rings is 5. The quantitative estimate of drug-likeness (QED) is 0.197. The third kappa shape index (κ3) is 5.16. The van der Waals surface area contributed by atoms with E-state index in [0.717, 1.165) is 38.6 Å². The summed E-state index contributed by atoms with van der Waals surface area (Å²) in [5, 5.41) is 16.5. The monoisotopic (exact) mass is 554 g/mol. The Balaban J connectivity index is 1.90. The number of ether oxygens (including phenoxy) is 6. The Labute approximate surface area is 239 Å². The zero-order chi connectivity index (χ0) is 29.1. The molecule has 1 N–H and O–H groups in total. The van der Waals surface area contributed by atoms with E-state index in [9.17, 15) is 5.11 Å². The lowest BCUT2D eigenvalue weighted by molar-refractivity contribution is 0.0822. The lowest BCUT2D eigenvalue weighted by atomic mass is 9.78. The highest BCUT2D eigenvalue weighted by atomic mass is 16.5. The Morgan fingerprint density at radius 3 is 1.68 bits per heavy atom. The fourth-order valence-electron chi connectivity index (χ4n) is 5.38. The maximum atomic E-state index is 13.0. The summed E-state index contributed by atoms with van der Waals surface area (Å²) in [6.45, 7) is 0. The molecule has 0 saturated carbocycles. The highest BCUT2D eigenvalue weighted by Gasteiger charge is 2.36. The van der Waals surface area contributed by atoms with Crippen molar-refractivity contribution in [2.45, 2.75) is 12.0 Å². The maximum Gasteiger partial charge on any atom is 0.131 e. The fourth-order valence-corrected chi connectivity index (χ4v) is 5.38. The Morgan fingerprint density at radius 2 is 1.10 bits per heavy atom. The molecule has 41 heavy (non-hydrogen) atoms. The van der Waals surface area contributed by atoms with Gasteiger partial charge in [-0.1, -0.05) is 18.2 Å². The number of hydrogen-bond donors (Lipinski definition) is 1. The predicted molar refractivity (Wildman–Crippen MR) is 160 cm³/mol. The van der Waals surface area contributed by atoms with Gasteiger partial charge in [-0.05, 0) is 81.4 Å². The Hall–Kier alpha value is -4.62. The second kappa shape index (κ2) is 11.5. The third-order valence-electron chi connectivity index (χ3n) is 7.54. The third-order valence-corrected chi connectivity index (χ3v) is 7.54. The van der Waals surface area contributed by atoms with Gasteiger partial charge in [0, 0.05) is 23.9 Å². The van der Waals surface area contributed by atoms with E-state index in [1.165, 1.54) is 0 Å². The Morgan fingerprint density at radius 1 is 0.537 bits per heavy atom. The van der Waals surface area contributed by atoms with E-state index in [1.54, 1.807) is 48.7 Å². The van der Waals surface area contributed by atoms with Gasteiger partial charge in [0.15, 0.2) is 0 Å². The van der Waals surface area contributed by atoms with E-state index in [-0.39, 0.29) is 6.42 Å². The second-order valence-corrected chi connectivity index (χ2v) is 9.75. The zero-order valence-electron chi connectivity index (χ0n) is 24.1. The van der Waals surface area contributed by atoms with Gasteiger partial charge in [0.05, 0.1) is 42.7 Å². The molecule has 0 aromatic heterocycles. The van der Waals surface area contributed by atoms with Crippen LogP contribution in [0.5, 0.6) is 34.5 Å². The topological polar surface area (TPSA) is 75.6 Å². The highest BCUT2D eigenvalue weighted by Crippen LogP contribution is 2.46. The molecule has 0 spiro atoms. The number of hydrogen-bond acceptors (Lipinski definition) is 7. The summed E-state index contributed by atoms with van der Waals surface area (Å²) in [7, 11) is 9.70. The Kier molecular flexibility index (Phi) is 7.81. The van der Waals surface area contributed by atoms with Crippen LogP contribution < -0.4 is 28.4 Å². The average molecular weight is 555 g/mol. The molecule has 0 aliphatic rings. The molecule has 0 aliphatic heterocycles. The smallest absolute Gasteiger partial charge is 0.131 e. The first-order chi connectivity index (χ1) is 19.9. The first kappa shape index (κ1) is 27.9. The first-order valence-electron chi connectivity index (χ1n) is 13.1. The average Bonchev–Trinajstić information content (AvgIpc) is 3.03. The van der Waals surface area contributed by atoms with Crippen LogP contribution >= 0.6 is 0 Å². The minimum Gasteiger partial charge on any atom is -0.497 e. The van der Waals surface area contributed by atoms with Crippen molar-refractivity contribution in [3.63, 3.8) is 0 Å². The summed E-state index contributed by atoms with van der Waals surface area (Å²) in [5.74, 6) is 3.81. The molecule has 212 valence electrons. The van der Waals surface area contributed by atoms with Crippen LogP contribution in [0.2, 0.25) is 0 Å². The normalized spacial score (nSPS) is 12.6. The van der Waals surface area contributed by atoms with Crippen molar-refractivity contribution >= 4 is 21.5 Å². The Bertz CT molecular complexity index is 1670.